The van der Waals surface area contributed by atoms with Gasteiger partial charge in [-0.1, -0.05) is 27.2 Å². The summed E-state index contributed by atoms with van der Waals surface area (Å²) < 4.78 is 0. The first kappa shape index (κ1) is 15.1. The van der Waals surface area contributed by atoms with E-state index in [0.29, 0.717) is 17.9 Å². The van der Waals surface area contributed by atoms with Gasteiger partial charge in [-0.3, -0.25) is 0 Å². The molecule has 1 heterocycles. The van der Waals surface area contributed by atoms with Crippen molar-refractivity contribution < 1.29 is 0 Å². The third kappa shape index (κ3) is 4.09. The lowest BCUT2D eigenvalue weighted by Gasteiger charge is -2.21. The van der Waals surface area contributed by atoms with Gasteiger partial charge in [-0.05, 0) is 32.1 Å². The molecule has 1 fully saturated rings. The summed E-state index contributed by atoms with van der Waals surface area (Å²) in [5, 5.41) is 6.92. The van der Waals surface area contributed by atoms with Gasteiger partial charge in [0.25, 0.3) is 0 Å². The zero-order valence-electron chi connectivity index (χ0n) is 13.2. The van der Waals surface area contributed by atoms with Crippen LogP contribution >= 0.6 is 0 Å². The molecular formula is C16H28N4. The molecule has 0 amide bonds. The van der Waals surface area contributed by atoms with Crippen LogP contribution in [0.4, 0.5) is 11.6 Å². The molecule has 112 valence electrons. The van der Waals surface area contributed by atoms with Crippen LogP contribution < -0.4 is 10.6 Å². The van der Waals surface area contributed by atoms with Gasteiger partial charge in [0, 0.05) is 24.6 Å². The van der Waals surface area contributed by atoms with E-state index >= 15 is 0 Å². The molecule has 4 heteroatoms. The Morgan fingerprint density at radius 2 is 1.90 bits per heavy atom. The van der Waals surface area contributed by atoms with Crippen molar-refractivity contribution in [3.63, 3.8) is 0 Å². The molecule has 1 aliphatic carbocycles. The van der Waals surface area contributed by atoms with Crippen LogP contribution in [0.2, 0.25) is 0 Å². The summed E-state index contributed by atoms with van der Waals surface area (Å²) in [6.07, 6.45) is 4.75. The van der Waals surface area contributed by atoms with Crippen LogP contribution in [0.25, 0.3) is 0 Å². The number of nitrogens with one attached hydrogen (secondary N) is 2. The van der Waals surface area contributed by atoms with Gasteiger partial charge in [0.05, 0.1) is 0 Å². The second kappa shape index (κ2) is 6.91. The Morgan fingerprint density at radius 1 is 1.20 bits per heavy atom. The molecule has 0 radical (unpaired) electrons. The van der Waals surface area contributed by atoms with Crippen LogP contribution in [-0.4, -0.2) is 22.6 Å². The van der Waals surface area contributed by atoms with Crippen LogP contribution in [0.1, 0.15) is 65.1 Å². The quantitative estimate of drug-likeness (QED) is 0.753. The van der Waals surface area contributed by atoms with E-state index in [1.54, 1.807) is 0 Å². The van der Waals surface area contributed by atoms with Crippen LogP contribution in [0.5, 0.6) is 0 Å². The van der Waals surface area contributed by atoms with Gasteiger partial charge < -0.3 is 10.6 Å². The topological polar surface area (TPSA) is 49.8 Å². The van der Waals surface area contributed by atoms with E-state index in [4.69, 9.17) is 4.98 Å². The van der Waals surface area contributed by atoms with Crippen molar-refractivity contribution in [2.45, 2.75) is 65.3 Å². The highest BCUT2D eigenvalue weighted by molar-refractivity contribution is 5.48. The second-order valence-corrected chi connectivity index (χ2v) is 6.02. The number of hydrogen-bond donors (Lipinski definition) is 2. The average molecular weight is 276 g/mol. The monoisotopic (exact) mass is 276 g/mol. The maximum absolute atomic E-state index is 4.70. The number of rotatable bonds is 8. The first-order valence-electron chi connectivity index (χ1n) is 8.03. The molecule has 0 aromatic carbocycles. The Kier molecular flexibility index (Phi) is 5.21. The Balaban J connectivity index is 2.11. The normalized spacial score (nSPS) is 17.6. The Labute approximate surface area is 122 Å². The summed E-state index contributed by atoms with van der Waals surface area (Å²) in [6.45, 7) is 9.86. The predicted molar refractivity (Wildman–Crippen MR) is 85.3 cm³/mol. The van der Waals surface area contributed by atoms with Crippen molar-refractivity contribution in [2.24, 2.45) is 5.92 Å². The standard InChI is InChI=1S/C16H28N4/c1-5-9-17-14-10-15(18-12(4)11(3)6-2)20-16(19-14)13-7-8-13/h10-13H,5-9H2,1-4H3,(H2,17,18,19,20). The van der Waals surface area contributed by atoms with Crippen LogP contribution in [0.15, 0.2) is 6.07 Å². The SMILES string of the molecule is CCCNc1cc(NC(C)C(C)CC)nc(C2CC2)n1. The van der Waals surface area contributed by atoms with E-state index < -0.39 is 0 Å². The molecule has 0 spiro atoms. The van der Waals surface area contributed by atoms with E-state index in [2.05, 4.69) is 43.3 Å². The van der Waals surface area contributed by atoms with Crippen molar-refractivity contribution in [3.8, 4) is 0 Å². The average Bonchev–Trinajstić information content (AvgIpc) is 3.28. The molecule has 0 saturated heterocycles. The summed E-state index contributed by atoms with van der Waals surface area (Å²) in [6, 6.07) is 2.47. The van der Waals surface area contributed by atoms with Crippen molar-refractivity contribution >= 4 is 11.6 Å². The summed E-state index contributed by atoms with van der Waals surface area (Å²) in [5.74, 6) is 4.15. The Morgan fingerprint density at radius 3 is 2.50 bits per heavy atom. The fourth-order valence-electron chi connectivity index (χ4n) is 2.14. The lowest BCUT2D eigenvalue weighted by atomic mass is 10.0. The molecule has 1 saturated carbocycles. The molecule has 0 bridgehead atoms. The first-order chi connectivity index (χ1) is 9.63. The second-order valence-electron chi connectivity index (χ2n) is 6.02. The molecule has 2 unspecified atom stereocenters. The number of aromatic nitrogens is 2. The number of anilines is 2. The molecule has 1 aliphatic rings. The molecule has 2 atom stereocenters. The van der Waals surface area contributed by atoms with E-state index in [-0.39, 0.29) is 0 Å². The number of hydrogen-bond acceptors (Lipinski definition) is 4. The summed E-state index contributed by atoms with van der Waals surface area (Å²) in [5.41, 5.74) is 0. The highest BCUT2D eigenvalue weighted by atomic mass is 15.1. The third-order valence-corrected chi connectivity index (χ3v) is 4.12. The Bertz CT molecular complexity index is 428. The largest absolute Gasteiger partial charge is 0.370 e. The number of nitrogens with zero attached hydrogens (tertiary/aromatic N) is 2. The summed E-state index contributed by atoms with van der Waals surface area (Å²) in [7, 11) is 0. The molecule has 1 aromatic heterocycles. The van der Waals surface area contributed by atoms with Crippen LogP contribution in [0, 0.1) is 5.92 Å². The zero-order chi connectivity index (χ0) is 14.5. The minimum absolute atomic E-state index is 0.431. The van der Waals surface area contributed by atoms with Crippen molar-refractivity contribution in [1.29, 1.82) is 0 Å². The molecule has 0 aliphatic heterocycles. The molecule has 1 aromatic rings. The lowest BCUT2D eigenvalue weighted by molar-refractivity contribution is 0.493. The van der Waals surface area contributed by atoms with Gasteiger partial charge in [0.15, 0.2) is 0 Å². The highest BCUT2D eigenvalue weighted by Crippen LogP contribution is 2.38. The van der Waals surface area contributed by atoms with E-state index in [1.807, 2.05) is 6.07 Å². The first-order valence-corrected chi connectivity index (χ1v) is 8.03. The fourth-order valence-corrected chi connectivity index (χ4v) is 2.14. The molecule has 2 rings (SSSR count). The van der Waals surface area contributed by atoms with Crippen molar-refractivity contribution in [3.05, 3.63) is 11.9 Å². The van der Waals surface area contributed by atoms with E-state index in [1.165, 1.54) is 19.3 Å². The van der Waals surface area contributed by atoms with Gasteiger partial charge >= 0.3 is 0 Å². The van der Waals surface area contributed by atoms with Gasteiger partial charge in [-0.25, -0.2) is 9.97 Å². The van der Waals surface area contributed by atoms with Gasteiger partial charge in [-0.2, -0.15) is 0 Å². The lowest BCUT2D eigenvalue weighted by Crippen LogP contribution is -2.24. The van der Waals surface area contributed by atoms with E-state index in [0.717, 1.165) is 30.4 Å². The minimum atomic E-state index is 0.431. The fraction of sp³-hybridized carbons (Fsp3) is 0.750. The van der Waals surface area contributed by atoms with Crippen LogP contribution in [-0.2, 0) is 0 Å². The Hall–Kier alpha value is -1.32. The van der Waals surface area contributed by atoms with Gasteiger partial charge in [0.2, 0.25) is 0 Å². The van der Waals surface area contributed by atoms with Crippen molar-refractivity contribution in [2.75, 3.05) is 17.2 Å². The van der Waals surface area contributed by atoms with Crippen molar-refractivity contribution in [1.82, 2.24) is 9.97 Å². The zero-order valence-corrected chi connectivity index (χ0v) is 13.2. The summed E-state index contributed by atoms with van der Waals surface area (Å²) >= 11 is 0. The third-order valence-electron chi connectivity index (χ3n) is 4.12. The minimum Gasteiger partial charge on any atom is -0.370 e. The molecular weight excluding hydrogens is 248 g/mol. The van der Waals surface area contributed by atoms with Gasteiger partial charge in [-0.15, -0.1) is 0 Å². The van der Waals surface area contributed by atoms with Crippen LogP contribution in [0.3, 0.4) is 0 Å². The van der Waals surface area contributed by atoms with E-state index in [9.17, 15) is 0 Å². The maximum Gasteiger partial charge on any atom is 0.136 e. The summed E-state index contributed by atoms with van der Waals surface area (Å²) in [4.78, 5) is 9.34. The predicted octanol–water partition coefficient (Wildman–Crippen LogP) is 4.02. The molecule has 2 N–H and O–H groups in total. The molecule has 4 nitrogen and oxygen atoms in total. The highest BCUT2D eigenvalue weighted by Gasteiger charge is 2.27. The molecule has 20 heavy (non-hydrogen) atoms. The maximum atomic E-state index is 4.70. The van der Waals surface area contributed by atoms with Gasteiger partial charge in [0.1, 0.15) is 17.5 Å². The smallest absolute Gasteiger partial charge is 0.136 e.